The van der Waals surface area contributed by atoms with Crippen LogP contribution >= 0.6 is 0 Å². The van der Waals surface area contributed by atoms with Crippen LogP contribution in [0.2, 0.25) is 0 Å². The molecule has 0 rings (SSSR count). The Bertz CT molecular complexity index is 1510. The summed E-state index contributed by atoms with van der Waals surface area (Å²) in [5, 5.41) is 31.5. The number of carboxylic acids is 1. The summed E-state index contributed by atoms with van der Waals surface area (Å²) in [5.41, 5.74) is 0. The van der Waals surface area contributed by atoms with E-state index in [0.29, 0.717) is 39.3 Å². The van der Waals surface area contributed by atoms with Crippen LogP contribution in [0.15, 0.2) is 0 Å². The molecule has 606 valence electrons. The van der Waals surface area contributed by atoms with Gasteiger partial charge in [0.15, 0.2) is 0 Å². The van der Waals surface area contributed by atoms with Crippen molar-refractivity contribution in [1.82, 2.24) is 15.5 Å². The molecular weight excluding hydrogens is 1260 g/mol. The van der Waals surface area contributed by atoms with Gasteiger partial charge >= 0.3 is 30.3 Å². The van der Waals surface area contributed by atoms with Crippen LogP contribution in [0.1, 0.15) is 486 Å². The fourth-order valence-electron chi connectivity index (χ4n) is 12.0. The number of hydrogen-bond acceptors (Lipinski definition) is 9. The number of carbonyl (C=O) groups is 5. The van der Waals surface area contributed by atoms with Crippen LogP contribution in [-0.4, -0.2) is 96.6 Å². The number of ether oxygens (including phenoxy) is 3. The maximum Gasteiger partial charge on any atom is 0.419 e. The second-order valence-electron chi connectivity index (χ2n) is 29.0. The first-order chi connectivity index (χ1) is 49.4. The average Bonchev–Trinajstić information content (AvgIpc) is 1.07. The number of carboxylic acid groups (broad SMARTS) is 2. The number of aliphatic carboxylic acids is 1. The van der Waals surface area contributed by atoms with Gasteiger partial charge in [-0.2, -0.15) is 0 Å². The summed E-state index contributed by atoms with van der Waals surface area (Å²) in [4.78, 5) is 56.7. The van der Waals surface area contributed by atoms with E-state index in [1.165, 1.54) is 327 Å². The number of hydrogen-bond donors (Lipinski definition) is 5. The summed E-state index contributed by atoms with van der Waals surface area (Å²) in [6, 6.07) is 0. The number of rotatable bonds is 73. The van der Waals surface area contributed by atoms with Crippen molar-refractivity contribution in [3.8, 4) is 0 Å². The van der Waals surface area contributed by atoms with Gasteiger partial charge in [0.2, 0.25) is 0 Å². The summed E-state index contributed by atoms with van der Waals surface area (Å²) in [7, 11) is 0. The Balaban J connectivity index is -0.000000401. The van der Waals surface area contributed by atoms with Crippen molar-refractivity contribution < 1.29 is 53.5 Å². The quantitative estimate of drug-likeness (QED) is 0.0287. The van der Waals surface area contributed by atoms with Gasteiger partial charge in [0.1, 0.15) is 0 Å². The number of carbonyl (C=O) groups excluding carboxylic acids is 3. The molecule has 0 aromatic rings. The Kier molecular flexibility index (Phi) is 106. The fourth-order valence-corrected chi connectivity index (χ4v) is 12.0. The highest BCUT2D eigenvalue weighted by Crippen LogP contribution is 2.17. The highest BCUT2D eigenvalue weighted by Gasteiger charge is 2.21. The summed E-state index contributed by atoms with van der Waals surface area (Å²) < 4.78 is 15.5. The SMILES string of the molecule is CCCCCC(=O)O.CCCCCCCCCCCCCCCCOC(=O)N(CCCCCC)C(=O)O.CCCCCCCCCCCCCCCCOC(=O)NCCCCCC.CCCCCCCCCCCCCCCCOC(=O)NCCCCCC.CCCCCCCCCCCO. The van der Waals surface area contributed by atoms with Gasteiger partial charge in [-0.1, -0.05) is 428 Å². The largest absolute Gasteiger partial charge is 0.481 e. The third-order valence-corrected chi connectivity index (χ3v) is 18.7. The van der Waals surface area contributed by atoms with E-state index < -0.39 is 18.2 Å². The summed E-state index contributed by atoms with van der Waals surface area (Å²) >= 11 is 0. The molecule has 14 nitrogen and oxygen atoms in total. The Morgan fingerprint density at radius 2 is 0.465 bits per heavy atom. The zero-order chi connectivity index (χ0) is 75.3. The van der Waals surface area contributed by atoms with Crippen LogP contribution in [0.25, 0.3) is 0 Å². The van der Waals surface area contributed by atoms with Crippen molar-refractivity contribution in [1.29, 1.82) is 0 Å². The number of amides is 4. The first kappa shape index (κ1) is 106. The summed E-state index contributed by atoms with van der Waals surface area (Å²) in [6.07, 6.45) is 81.6. The summed E-state index contributed by atoms with van der Waals surface area (Å²) in [6.45, 7) is 21.2. The second kappa shape index (κ2) is 101. The van der Waals surface area contributed by atoms with Gasteiger partial charge in [0.05, 0.1) is 19.8 Å². The van der Waals surface area contributed by atoms with Crippen molar-refractivity contribution in [3.05, 3.63) is 0 Å². The molecule has 0 bridgehead atoms. The average molecular weight is 1440 g/mol. The molecule has 5 N–H and O–H groups in total. The molecule has 14 heteroatoms. The van der Waals surface area contributed by atoms with E-state index >= 15 is 0 Å². The number of unbranched alkanes of at least 4 members (excludes halogenated alkanes) is 58. The normalized spacial score (nSPS) is 10.7. The third-order valence-electron chi connectivity index (χ3n) is 18.7. The molecule has 0 aromatic carbocycles. The van der Waals surface area contributed by atoms with Crippen LogP contribution in [0.3, 0.4) is 0 Å². The Morgan fingerprint density at radius 3 is 0.703 bits per heavy atom. The molecule has 0 heterocycles. The van der Waals surface area contributed by atoms with Crippen molar-refractivity contribution in [2.75, 3.05) is 46.1 Å². The number of alkyl carbamates (subject to hydrolysis) is 2. The van der Waals surface area contributed by atoms with E-state index in [4.69, 9.17) is 29.5 Å². The highest BCUT2D eigenvalue weighted by atomic mass is 16.6. The molecular formula is C87H177N3O11. The molecule has 0 radical (unpaired) electrons. The smallest absolute Gasteiger partial charge is 0.419 e. The van der Waals surface area contributed by atoms with Crippen molar-refractivity contribution in [3.63, 3.8) is 0 Å². The highest BCUT2D eigenvalue weighted by molar-refractivity contribution is 5.86. The minimum Gasteiger partial charge on any atom is -0.481 e. The number of aliphatic hydroxyl groups excluding tert-OH is 1. The monoisotopic (exact) mass is 1440 g/mol. The van der Waals surface area contributed by atoms with E-state index in [1.807, 2.05) is 0 Å². The molecule has 0 saturated heterocycles. The molecule has 0 saturated carbocycles. The Morgan fingerprint density at radius 1 is 0.257 bits per heavy atom. The molecule has 0 atom stereocenters. The topological polar surface area (TPSA) is 201 Å². The second-order valence-corrected chi connectivity index (χ2v) is 29.0. The number of nitrogens with zero attached hydrogens (tertiary/aromatic N) is 1. The van der Waals surface area contributed by atoms with E-state index in [0.717, 1.165) is 108 Å². The number of imide groups is 1. The van der Waals surface area contributed by atoms with Crippen LogP contribution in [0.4, 0.5) is 19.2 Å². The first-order valence-electron chi connectivity index (χ1n) is 44.2. The van der Waals surface area contributed by atoms with Gasteiger partial charge in [-0.25, -0.2) is 24.1 Å². The van der Waals surface area contributed by atoms with Gasteiger partial charge in [0.25, 0.3) is 0 Å². The molecule has 0 fully saturated rings. The zero-order valence-electron chi connectivity index (χ0n) is 68.9. The lowest BCUT2D eigenvalue weighted by Crippen LogP contribution is -2.37. The maximum atomic E-state index is 11.9. The van der Waals surface area contributed by atoms with E-state index in [2.05, 4.69) is 66.0 Å². The van der Waals surface area contributed by atoms with Gasteiger partial charge < -0.3 is 40.2 Å². The molecule has 101 heavy (non-hydrogen) atoms. The van der Waals surface area contributed by atoms with Crippen molar-refractivity contribution in [2.45, 2.75) is 486 Å². The molecule has 0 aliphatic rings. The number of aliphatic hydroxyl groups is 1. The van der Waals surface area contributed by atoms with Crippen molar-refractivity contribution >= 4 is 30.3 Å². The van der Waals surface area contributed by atoms with Crippen LogP contribution in [0, 0.1) is 0 Å². The minimum atomic E-state index is -1.22. The zero-order valence-corrected chi connectivity index (χ0v) is 68.9. The van der Waals surface area contributed by atoms with E-state index in [-0.39, 0.29) is 18.7 Å². The first-order valence-corrected chi connectivity index (χ1v) is 44.2. The molecule has 0 aliphatic carbocycles. The minimum absolute atomic E-state index is 0.229. The van der Waals surface area contributed by atoms with E-state index in [1.54, 1.807) is 0 Å². The van der Waals surface area contributed by atoms with E-state index in [9.17, 15) is 24.0 Å². The molecule has 0 aliphatic heterocycles. The molecule has 0 spiro atoms. The Labute approximate surface area is 628 Å². The number of nitrogens with one attached hydrogen (secondary N) is 2. The van der Waals surface area contributed by atoms with Crippen LogP contribution in [-0.2, 0) is 19.0 Å². The van der Waals surface area contributed by atoms with Crippen molar-refractivity contribution in [2.24, 2.45) is 0 Å². The third kappa shape index (κ3) is 108. The maximum absolute atomic E-state index is 11.9. The Hall–Kier alpha value is -3.29. The predicted octanol–water partition coefficient (Wildman–Crippen LogP) is 28.9. The lowest BCUT2D eigenvalue weighted by molar-refractivity contribution is -0.137. The van der Waals surface area contributed by atoms with Crippen LogP contribution < -0.4 is 10.6 Å². The van der Waals surface area contributed by atoms with Gasteiger partial charge in [-0.3, -0.25) is 4.79 Å². The lowest BCUT2D eigenvalue weighted by atomic mass is 10.0. The van der Waals surface area contributed by atoms with Gasteiger partial charge in [-0.15, -0.1) is 0 Å². The fraction of sp³-hybridized carbons (Fsp3) is 0.943. The molecule has 4 amide bonds. The summed E-state index contributed by atoms with van der Waals surface area (Å²) in [5.74, 6) is -0.682. The van der Waals surface area contributed by atoms with Gasteiger partial charge in [0, 0.05) is 32.7 Å². The standard InChI is InChI=1S/C24H47NO4.2C23H47NO2.C11H24O.C6H12O2/c1-3-5-7-9-10-11-12-13-14-15-16-17-18-20-22-29-24(28)25(23(26)27)21-19-8-6-4-2;2*1-3-5-7-9-10-11-12-13-14-15-16-17-18-20-22-26-23(25)24-21-19-8-6-4-2;1-2-3-4-5-6-7-8-9-10-11-12;1-2-3-4-5-6(7)8/h3-22H2,1-2H3,(H,26,27);2*3-22H2,1-2H3,(H,24,25);12H,2-11H2,1H3;2-5H2,1H3,(H,7,8). The molecule has 0 aromatic heterocycles. The predicted molar refractivity (Wildman–Crippen MR) is 434 cm³/mol. The lowest BCUT2D eigenvalue weighted by Gasteiger charge is -2.16. The molecule has 0 unspecified atom stereocenters. The van der Waals surface area contributed by atoms with Gasteiger partial charge in [-0.05, 0) is 51.4 Å². The van der Waals surface area contributed by atoms with Crippen LogP contribution in [0.5, 0.6) is 0 Å².